The summed E-state index contributed by atoms with van der Waals surface area (Å²) in [7, 11) is 0. The number of halogens is 1. The van der Waals surface area contributed by atoms with E-state index in [4.69, 9.17) is 0 Å². The van der Waals surface area contributed by atoms with Crippen LogP contribution in [0.15, 0.2) is 23.3 Å². The minimum atomic E-state index is -0.783. The highest BCUT2D eigenvalue weighted by Crippen LogP contribution is 2.35. The molecule has 0 saturated heterocycles. The van der Waals surface area contributed by atoms with Crippen LogP contribution in [-0.4, -0.2) is 5.60 Å². The third kappa shape index (κ3) is 3.45. The van der Waals surface area contributed by atoms with Crippen molar-refractivity contribution in [2.45, 2.75) is 53.6 Å². The van der Waals surface area contributed by atoms with Crippen molar-refractivity contribution in [3.05, 3.63) is 23.3 Å². The van der Waals surface area contributed by atoms with Gasteiger partial charge in [-0.1, -0.05) is 32.9 Å². The summed E-state index contributed by atoms with van der Waals surface area (Å²) in [5, 5.41) is 0. The standard InChI is InChI=1S/C11H17FO.C2H6/c1-8-6-5-7-9(2)10(8)11(3,4)13-12;1-2/h5-6,9H,7H2,1-4H3;1-2H3. The maximum atomic E-state index is 12.3. The van der Waals surface area contributed by atoms with Gasteiger partial charge in [-0.05, 0) is 48.8 Å². The summed E-state index contributed by atoms with van der Waals surface area (Å²) in [4.78, 5) is 4.03. The van der Waals surface area contributed by atoms with Gasteiger partial charge in [0.2, 0.25) is 0 Å². The molecule has 0 amide bonds. The van der Waals surface area contributed by atoms with Gasteiger partial charge in [0.15, 0.2) is 0 Å². The molecule has 0 fully saturated rings. The van der Waals surface area contributed by atoms with Crippen molar-refractivity contribution in [1.82, 2.24) is 0 Å². The monoisotopic (exact) mass is 214 g/mol. The second kappa shape index (κ2) is 6.06. The third-order valence-corrected chi connectivity index (χ3v) is 2.62. The Morgan fingerprint density at radius 2 is 1.93 bits per heavy atom. The highest BCUT2D eigenvalue weighted by atomic mass is 19.3. The predicted octanol–water partition coefficient (Wildman–Crippen LogP) is 4.60. The Bertz CT molecular complexity index is 251. The summed E-state index contributed by atoms with van der Waals surface area (Å²) in [6, 6.07) is 0. The normalized spacial score (nSPS) is 21.1. The van der Waals surface area contributed by atoms with Gasteiger partial charge in [-0.2, -0.15) is 4.94 Å². The number of rotatable bonds is 2. The molecule has 1 aliphatic carbocycles. The quantitative estimate of drug-likeness (QED) is 0.652. The topological polar surface area (TPSA) is 9.23 Å². The van der Waals surface area contributed by atoms with E-state index in [0.717, 1.165) is 17.6 Å². The molecule has 0 spiro atoms. The summed E-state index contributed by atoms with van der Waals surface area (Å²) in [5.41, 5.74) is 1.41. The average molecular weight is 214 g/mol. The first-order chi connectivity index (χ1) is 6.99. The van der Waals surface area contributed by atoms with E-state index in [2.05, 4.69) is 17.9 Å². The van der Waals surface area contributed by atoms with E-state index in [1.54, 1.807) is 13.8 Å². The van der Waals surface area contributed by atoms with Crippen LogP contribution in [0, 0.1) is 5.92 Å². The number of hydrogen-bond donors (Lipinski definition) is 0. The Kier molecular flexibility index (Phi) is 5.81. The van der Waals surface area contributed by atoms with Crippen LogP contribution in [0.2, 0.25) is 0 Å². The van der Waals surface area contributed by atoms with Gasteiger partial charge < -0.3 is 0 Å². The van der Waals surface area contributed by atoms with Crippen LogP contribution in [0.3, 0.4) is 0 Å². The fraction of sp³-hybridized carbons (Fsp3) is 0.692. The highest BCUT2D eigenvalue weighted by molar-refractivity contribution is 5.34. The van der Waals surface area contributed by atoms with Crippen LogP contribution < -0.4 is 0 Å². The first kappa shape index (κ1) is 14.4. The molecule has 0 aromatic carbocycles. The number of hydrogen-bond acceptors (Lipinski definition) is 1. The van der Waals surface area contributed by atoms with Gasteiger partial charge in [-0.3, -0.25) is 0 Å². The van der Waals surface area contributed by atoms with E-state index in [9.17, 15) is 4.53 Å². The SMILES string of the molecule is CC.CC1=C(C(C)(C)OF)C(C)CC=C1. The van der Waals surface area contributed by atoms with Crippen LogP contribution in [-0.2, 0) is 4.94 Å². The Balaban J connectivity index is 0.000000921. The molecule has 1 unspecified atom stereocenters. The van der Waals surface area contributed by atoms with Crippen molar-refractivity contribution in [2.75, 3.05) is 0 Å². The molecule has 0 aromatic heterocycles. The molecule has 0 bridgehead atoms. The first-order valence-corrected chi connectivity index (χ1v) is 5.66. The van der Waals surface area contributed by atoms with Gasteiger partial charge in [0.1, 0.15) is 5.60 Å². The van der Waals surface area contributed by atoms with Crippen LogP contribution >= 0.6 is 0 Å². The Labute approximate surface area is 92.9 Å². The van der Waals surface area contributed by atoms with E-state index in [0.29, 0.717) is 5.92 Å². The van der Waals surface area contributed by atoms with Crippen LogP contribution in [0.5, 0.6) is 0 Å². The molecule has 1 nitrogen and oxygen atoms in total. The van der Waals surface area contributed by atoms with Crippen molar-refractivity contribution in [3.8, 4) is 0 Å². The van der Waals surface area contributed by atoms with E-state index in [1.165, 1.54) is 0 Å². The lowest BCUT2D eigenvalue weighted by molar-refractivity contribution is -0.208. The highest BCUT2D eigenvalue weighted by Gasteiger charge is 2.31. The lowest BCUT2D eigenvalue weighted by Gasteiger charge is -2.31. The van der Waals surface area contributed by atoms with E-state index in [1.807, 2.05) is 26.8 Å². The summed E-state index contributed by atoms with van der Waals surface area (Å²) in [6.45, 7) is 11.6. The smallest absolute Gasteiger partial charge is 0.125 e. The molecule has 0 N–H and O–H groups in total. The van der Waals surface area contributed by atoms with E-state index in [-0.39, 0.29) is 0 Å². The molecule has 88 valence electrons. The fourth-order valence-electron chi connectivity index (χ4n) is 2.16. The molecule has 15 heavy (non-hydrogen) atoms. The van der Waals surface area contributed by atoms with Crippen molar-refractivity contribution in [3.63, 3.8) is 0 Å². The maximum absolute atomic E-state index is 12.3. The third-order valence-electron chi connectivity index (χ3n) is 2.62. The zero-order chi connectivity index (χ0) is 12.1. The van der Waals surface area contributed by atoms with Crippen LogP contribution in [0.4, 0.5) is 4.53 Å². The maximum Gasteiger partial charge on any atom is 0.125 e. The summed E-state index contributed by atoms with van der Waals surface area (Å²) < 4.78 is 12.3. The Hall–Kier alpha value is -0.630. The average Bonchev–Trinajstić information content (AvgIpc) is 2.20. The van der Waals surface area contributed by atoms with Crippen LogP contribution in [0.25, 0.3) is 0 Å². The molecule has 1 aliphatic rings. The van der Waals surface area contributed by atoms with Gasteiger partial charge in [0.05, 0.1) is 0 Å². The second-order valence-corrected chi connectivity index (χ2v) is 4.22. The molecule has 0 heterocycles. The van der Waals surface area contributed by atoms with Gasteiger partial charge in [0, 0.05) is 0 Å². The van der Waals surface area contributed by atoms with E-state index >= 15 is 0 Å². The van der Waals surface area contributed by atoms with Gasteiger partial charge in [-0.15, -0.1) is 0 Å². The van der Waals surface area contributed by atoms with E-state index < -0.39 is 5.60 Å². The van der Waals surface area contributed by atoms with Crippen molar-refractivity contribution in [2.24, 2.45) is 5.92 Å². The molecule has 2 heteroatoms. The fourth-order valence-corrected chi connectivity index (χ4v) is 2.16. The Morgan fingerprint density at radius 1 is 1.40 bits per heavy atom. The zero-order valence-corrected chi connectivity index (χ0v) is 10.7. The molecule has 0 saturated carbocycles. The molecular formula is C13H23FO. The predicted molar refractivity (Wildman–Crippen MR) is 63.2 cm³/mol. The molecule has 1 atom stereocenters. The molecule has 0 aromatic rings. The van der Waals surface area contributed by atoms with Crippen molar-refractivity contribution in [1.29, 1.82) is 0 Å². The molecular weight excluding hydrogens is 191 g/mol. The first-order valence-electron chi connectivity index (χ1n) is 5.66. The molecule has 0 radical (unpaired) electrons. The summed E-state index contributed by atoms with van der Waals surface area (Å²) in [5.74, 6) is 0.371. The van der Waals surface area contributed by atoms with Crippen LogP contribution in [0.1, 0.15) is 48.0 Å². The zero-order valence-electron chi connectivity index (χ0n) is 10.7. The second-order valence-electron chi connectivity index (χ2n) is 4.22. The van der Waals surface area contributed by atoms with Crippen molar-refractivity contribution >= 4 is 0 Å². The van der Waals surface area contributed by atoms with Gasteiger partial charge in [0.25, 0.3) is 0 Å². The Morgan fingerprint density at radius 3 is 2.33 bits per heavy atom. The van der Waals surface area contributed by atoms with Crippen molar-refractivity contribution < 1.29 is 9.47 Å². The number of allylic oxidation sites excluding steroid dienone is 3. The van der Waals surface area contributed by atoms with Gasteiger partial charge in [-0.25, -0.2) is 0 Å². The minimum Gasteiger partial charge on any atom is -0.184 e. The minimum absolute atomic E-state index is 0.371. The van der Waals surface area contributed by atoms with Gasteiger partial charge >= 0.3 is 0 Å². The molecule has 1 rings (SSSR count). The lowest BCUT2D eigenvalue weighted by atomic mass is 9.80. The molecule has 0 aliphatic heterocycles. The largest absolute Gasteiger partial charge is 0.184 e. The lowest BCUT2D eigenvalue weighted by Crippen LogP contribution is -2.29. The summed E-state index contributed by atoms with van der Waals surface area (Å²) in [6.07, 6.45) is 5.13. The summed E-state index contributed by atoms with van der Waals surface area (Å²) >= 11 is 0.